The maximum absolute atomic E-state index is 4.80. The van der Waals surface area contributed by atoms with Crippen LogP contribution in [0.25, 0.3) is 0 Å². The van der Waals surface area contributed by atoms with Gasteiger partial charge in [-0.1, -0.05) is 6.92 Å². The lowest BCUT2D eigenvalue weighted by atomic mass is 10.0. The summed E-state index contributed by atoms with van der Waals surface area (Å²) >= 11 is 0. The Kier molecular flexibility index (Phi) is 4.33. The van der Waals surface area contributed by atoms with Crippen LogP contribution < -0.4 is 9.80 Å². The van der Waals surface area contributed by atoms with Gasteiger partial charge in [-0.05, 0) is 44.9 Å². The van der Waals surface area contributed by atoms with Crippen molar-refractivity contribution in [1.29, 1.82) is 0 Å². The van der Waals surface area contributed by atoms with Gasteiger partial charge in [0, 0.05) is 25.7 Å². The Bertz CT molecular complexity index is 430. The van der Waals surface area contributed by atoms with Gasteiger partial charge in [0.25, 0.3) is 0 Å². The minimum atomic E-state index is 0.620. The topological polar surface area (TPSA) is 45.2 Å². The van der Waals surface area contributed by atoms with Crippen LogP contribution in [0.4, 0.5) is 11.8 Å². The highest BCUT2D eigenvalue weighted by Gasteiger charge is 2.23. The Balaban J connectivity index is 1.79. The Morgan fingerprint density at radius 2 is 1.90 bits per heavy atom. The molecule has 0 N–H and O–H groups in total. The van der Waals surface area contributed by atoms with E-state index < -0.39 is 0 Å². The SMILES string of the molecule is CCC1CCCCN1c1cnnc(N2CCCCC2)n1. The molecule has 0 saturated carbocycles. The van der Waals surface area contributed by atoms with Crippen molar-refractivity contribution in [3.63, 3.8) is 0 Å². The summed E-state index contributed by atoms with van der Waals surface area (Å²) in [4.78, 5) is 9.52. The van der Waals surface area contributed by atoms with E-state index in [1.807, 2.05) is 6.20 Å². The van der Waals surface area contributed by atoms with Crippen LogP contribution >= 0.6 is 0 Å². The molecule has 0 aromatic carbocycles. The molecule has 1 atom stereocenters. The lowest BCUT2D eigenvalue weighted by molar-refractivity contribution is 0.445. The summed E-state index contributed by atoms with van der Waals surface area (Å²) in [5.74, 6) is 1.84. The third-order valence-corrected chi connectivity index (χ3v) is 4.57. The van der Waals surface area contributed by atoms with Crippen molar-refractivity contribution in [2.75, 3.05) is 29.4 Å². The first kappa shape index (κ1) is 13.6. The van der Waals surface area contributed by atoms with Crippen molar-refractivity contribution in [3.8, 4) is 0 Å². The summed E-state index contributed by atoms with van der Waals surface area (Å²) in [6.07, 6.45) is 10.7. The molecule has 3 heterocycles. The first-order chi connectivity index (χ1) is 9.88. The molecule has 1 aromatic heterocycles. The van der Waals surface area contributed by atoms with Crippen molar-refractivity contribution in [2.24, 2.45) is 0 Å². The van der Waals surface area contributed by atoms with E-state index in [0.717, 1.165) is 31.4 Å². The molecular weight excluding hydrogens is 250 g/mol. The molecule has 2 aliphatic rings. The van der Waals surface area contributed by atoms with Gasteiger partial charge in [-0.15, -0.1) is 5.10 Å². The van der Waals surface area contributed by atoms with Crippen LogP contribution in [0, 0.1) is 0 Å². The molecule has 0 amide bonds. The molecule has 110 valence electrons. The zero-order valence-corrected chi connectivity index (χ0v) is 12.5. The average molecular weight is 275 g/mol. The second-order valence-electron chi connectivity index (χ2n) is 5.91. The predicted octanol–water partition coefficient (Wildman–Crippen LogP) is 2.63. The fraction of sp³-hybridized carbons (Fsp3) is 0.800. The minimum Gasteiger partial charge on any atom is -0.352 e. The van der Waals surface area contributed by atoms with Crippen LogP contribution in [-0.2, 0) is 0 Å². The lowest BCUT2D eigenvalue weighted by Crippen LogP contribution is -2.40. The standard InChI is InChI=1S/C15H25N5/c1-2-13-8-4-7-11-20(13)14-12-16-18-15(17-14)19-9-5-3-6-10-19/h12-13H,2-11H2,1H3. The summed E-state index contributed by atoms with van der Waals surface area (Å²) in [7, 11) is 0. The number of hydrogen-bond donors (Lipinski definition) is 0. The molecule has 0 bridgehead atoms. The van der Waals surface area contributed by atoms with Gasteiger partial charge < -0.3 is 9.80 Å². The molecule has 5 heteroatoms. The van der Waals surface area contributed by atoms with Gasteiger partial charge >= 0.3 is 0 Å². The molecule has 5 nitrogen and oxygen atoms in total. The summed E-state index contributed by atoms with van der Waals surface area (Å²) in [6.45, 7) is 5.52. The summed E-state index contributed by atoms with van der Waals surface area (Å²) in [5.41, 5.74) is 0. The quantitative estimate of drug-likeness (QED) is 0.848. The van der Waals surface area contributed by atoms with E-state index in [1.54, 1.807) is 0 Å². The Labute approximate surface area is 121 Å². The van der Waals surface area contributed by atoms with Crippen molar-refractivity contribution in [3.05, 3.63) is 6.20 Å². The minimum absolute atomic E-state index is 0.620. The second kappa shape index (κ2) is 6.37. The van der Waals surface area contributed by atoms with Crippen LogP contribution in [0.3, 0.4) is 0 Å². The number of nitrogens with zero attached hydrogens (tertiary/aromatic N) is 5. The maximum atomic E-state index is 4.80. The summed E-state index contributed by atoms with van der Waals surface area (Å²) in [6, 6.07) is 0.620. The van der Waals surface area contributed by atoms with E-state index in [4.69, 9.17) is 4.98 Å². The zero-order chi connectivity index (χ0) is 13.8. The molecule has 0 aliphatic carbocycles. The molecule has 20 heavy (non-hydrogen) atoms. The highest BCUT2D eigenvalue weighted by atomic mass is 15.4. The fourth-order valence-corrected chi connectivity index (χ4v) is 3.38. The zero-order valence-electron chi connectivity index (χ0n) is 12.5. The van der Waals surface area contributed by atoms with E-state index in [-0.39, 0.29) is 0 Å². The van der Waals surface area contributed by atoms with Gasteiger partial charge in [-0.3, -0.25) is 0 Å². The van der Waals surface area contributed by atoms with Gasteiger partial charge in [-0.25, -0.2) is 0 Å². The highest BCUT2D eigenvalue weighted by Crippen LogP contribution is 2.25. The molecule has 1 aromatic rings. The van der Waals surface area contributed by atoms with Crippen LogP contribution in [0.1, 0.15) is 51.9 Å². The third kappa shape index (κ3) is 2.86. The van der Waals surface area contributed by atoms with Crippen LogP contribution in [0.15, 0.2) is 6.20 Å². The third-order valence-electron chi connectivity index (χ3n) is 4.57. The monoisotopic (exact) mass is 275 g/mol. The van der Waals surface area contributed by atoms with Crippen molar-refractivity contribution in [1.82, 2.24) is 15.2 Å². The Morgan fingerprint density at radius 3 is 2.70 bits per heavy atom. The molecule has 2 fully saturated rings. The number of hydrogen-bond acceptors (Lipinski definition) is 5. The normalized spacial score (nSPS) is 23.9. The van der Waals surface area contributed by atoms with Gasteiger partial charge in [0.15, 0.2) is 5.82 Å². The fourth-order valence-electron chi connectivity index (χ4n) is 3.38. The smallest absolute Gasteiger partial charge is 0.247 e. The summed E-state index contributed by atoms with van der Waals surface area (Å²) in [5, 5.41) is 8.45. The number of rotatable bonds is 3. The van der Waals surface area contributed by atoms with Crippen LogP contribution in [0.2, 0.25) is 0 Å². The molecule has 0 spiro atoms. The van der Waals surface area contributed by atoms with E-state index in [1.165, 1.54) is 44.9 Å². The van der Waals surface area contributed by atoms with Gasteiger partial charge in [0.1, 0.15) is 0 Å². The molecular formula is C15H25N5. The first-order valence-electron chi connectivity index (χ1n) is 8.10. The van der Waals surface area contributed by atoms with Crippen molar-refractivity contribution < 1.29 is 0 Å². The van der Waals surface area contributed by atoms with Gasteiger partial charge in [0.05, 0.1) is 6.20 Å². The first-order valence-corrected chi connectivity index (χ1v) is 8.10. The average Bonchev–Trinajstić information content (AvgIpc) is 2.56. The second-order valence-corrected chi connectivity index (χ2v) is 5.91. The van der Waals surface area contributed by atoms with Crippen molar-refractivity contribution >= 4 is 11.8 Å². The molecule has 3 rings (SSSR count). The number of piperidine rings is 2. The lowest BCUT2D eigenvalue weighted by Gasteiger charge is -2.36. The van der Waals surface area contributed by atoms with Crippen LogP contribution in [0.5, 0.6) is 0 Å². The molecule has 2 saturated heterocycles. The predicted molar refractivity (Wildman–Crippen MR) is 81.2 cm³/mol. The number of aromatic nitrogens is 3. The van der Waals surface area contributed by atoms with E-state index in [9.17, 15) is 0 Å². The number of anilines is 2. The Morgan fingerprint density at radius 1 is 1.10 bits per heavy atom. The van der Waals surface area contributed by atoms with E-state index in [2.05, 4.69) is 26.9 Å². The molecule has 0 radical (unpaired) electrons. The van der Waals surface area contributed by atoms with E-state index in [0.29, 0.717) is 6.04 Å². The highest BCUT2D eigenvalue weighted by molar-refractivity contribution is 5.43. The van der Waals surface area contributed by atoms with Gasteiger partial charge in [0.2, 0.25) is 5.95 Å². The van der Waals surface area contributed by atoms with Gasteiger partial charge in [-0.2, -0.15) is 10.1 Å². The maximum Gasteiger partial charge on any atom is 0.247 e. The summed E-state index contributed by atoms with van der Waals surface area (Å²) < 4.78 is 0. The molecule has 2 aliphatic heterocycles. The molecule has 1 unspecified atom stereocenters. The van der Waals surface area contributed by atoms with Crippen LogP contribution in [-0.4, -0.2) is 40.9 Å². The van der Waals surface area contributed by atoms with Crippen molar-refractivity contribution in [2.45, 2.75) is 57.9 Å². The largest absolute Gasteiger partial charge is 0.352 e. The Hall–Kier alpha value is -1.39. The van der Waals surface area contributed by atoms with E-state index >= 15 is 0 Å².